The highest BCUT2D eigenvalue weighted by Crippen LogP contribution is 2.33. The summed E-state index contributed by atoms with van der Waals surface area (Å²) in [5.74, 6) is 1.34. The summed E-state index contributed by atoms with van der Waals surface area (Å²) >= 11 is 0. The lowest BCUT2D eigenvalue weighted by atomic mass is 10.1. The number of pyridine rings is 1. The van der Waals surface area contributed by atoms with Crippen molar-refractivity contribution in [3.05, 3.63) is 89.1 Å². The van der Waals surface area contributed by atoms with Crippen molar-refractivity contribution in [3.63, 3.8) is 0 Å². The minimum Gasteiger partial charge on any atom is -0.493 e. The summed E-state index contributed by atoms with van der Waals surface area (Å²) in [6, 6.07) is 18.2. The number of fused-ring (bicyclic) bond motifs is 1. The number of nitrogens with zero attached hydrogens (tertiary/aromatic N) is 3. The molecule has 5 rings (SSSR count). The third-order valence-corrected chi connectivity index (χ3v) is 5.33. The molecule has 0 aliphatic carbocycles. The third kappa shape index (κ3) is 3.61. The number of hydrogen-bond acceptors (Lipinski definition) is 6. The van der Waals surface area contributed by atoms with E-state index in [-0.39, 0.29) is 17.3 Å². The molecule has 0 aliphatic rings. The van der Waals surface area contributed by atoms with E-state index in [0.717, 1.165) is 0 Å². The van der Waals surface area contributed by atoms with Crippen LogP contribution in [0, 0.1) is 5.82 Å². The molecule has 0 amide bonds. The summed E-state index contributed by atoms with van der Waals surface area (Å²) in [5.41, 5.74) is 1.54. The largest absolute Gasteiger partial charge is 0.493 e. The van der Waals surface area contributed by atoms with Crippen LogP contribution in [0.3, 0.4) is 0 Å². The van der Waals surface area contributed by atoms with Crippen molar-refractivity contribution in [2.45, 2.75) is 0 Å². The van der Waals surface area contributed by atoms with Gasteiger partial charge in [0.1, 0.15) is 5.82 Å². The maximum absolute atomic E-state index is 13.4. The van der Waals surface area contributed by atoms with Crippen molar-refractivity contribution in [3.8, 4) is 40.0 Å². The highest BCUT2D eigenvalue weighted by molar-refractivity contribution is 5.94. The van der Waals surface area contributed by atoms with Crippen molar-refractivity contribution in [1.29, 1.82) is 0 Å². The molecular formula is C25H18FN3O4. The summed E-state index contributed by atoms with van der Waals surface area (Å²) in [7, 11) is 3.11. The Bertz CT molecular complexity index is 1520. The molecule has 0 spiro atoms. The van der Waals surface area contributed by atoms with Gasteiger partial charge in [0.15, 0.2) is 11.5 Å². The molecule has 0 bridgehead atoms. The number of aromatic nitrogens is 3. The summed E-state index contributed by atoms with van der Waals surface area (Å²) in [5, 5.41) is 5.26. The maximum Gasteiger partial charge on any atom is 0.262 e. The number of hydrogen-bond donors (Lipinski definition) is 0. The lowest BCUT2D eigenvalue weighted by Gasteiger charge is -2.10. The van der Waals surface area contributed by atoms with Gasteiger partial charge in [-0.15, -0.1) is 0 Å². The maximum atomic E-state index is 13.4. The average molecular weight is 443 g/mol. The summed E-state index contributed by atoms with van der Waals surface area (Å²) in [6.07, 6.45) is 1.63. The number of ether oxygens (including phenoxy) is 2. The smallest absolute Gasteiger partial charge is 0.262 e. The predicted octanol–water partition coefficient (Wildman–Crippen LogP) is 4.86. The van der Waals surface area contributed by atoms with Gasteiger partial charge < -0.3 is 14.0 Å². The minimum atomic E-state index is -0.385. The molecule has 0 N–H and O–H groups in total. The first-order valence-corrected chi connectivity index (χ1v) is 10.1. The zero-order chi connectivity index (χ0) is 22.9. The fourth-order valence-electron chi connectivity index (χ4n) is 3.68. The Morgan fingerprint density at radius 2 is 1.64 bits per heavy atom. The van der Waals surface area contributed by atoms with E-state index in [1.165, 1.54) is 28.8 Å². The van der Waals surface area contributed by atoms with E-state index in [1.54, 1.807) is 50.7 Å². The fourth-order valence-corrected chi connectivity index (χ4v) is 3.68. The average Bonchev–Trinajstić information content (AvgIpc) is 3.35. The van der Waals surface area contributed by atoms with Gasteiger partial charge in [0.05, 0.1) is 19.8 Å². The Morgan fingerprint density at radius 3 is 2.36 bits per heavy atom. The van der Waals surface area contributed by atoms with E-state index in [1.807, 2.05) is 12.1 Å². The molecule has 5 aromatic rings. The predicted molar refractivity (Wildman–Crippen MR) is 121 cm³/mol. The first-order chi connectivity index (χ1) is 16.1. The van der Waals surface area contributed by atoms with E-state index in [2.05, 4.69) is 10.1 Å². The topological polar surface area (TPSA) is 79.4 Å². The van der Waals surface area contributed by atoms with Gasteiger partial charge in [0, 0.05) is 28.2 Å². The van der Waals surface area contributed by atoms with Gasteiger partial charge in [-0.05, 0) is 48.5 Å². The second-order valence-electron chi connectivity index (χ2n) is 7.23. The third-order valence-electron chi connectivity index (χ3n) is 5.33. The molecule has 0 saturated carbocycles. The Kier molecular flexibility index (Phi) is 5.10. The zero-order valence-corrected chi connectivity index (χ0v) is 17.8. The molecule has 0 unspecified atom stereocenters. The van der Waals surface area contributed by atoms with E-state index in [9.17, 15) is 9.18 Å². The summed E-state index contributed by atoms with van der Waals surface area (Å²) in [4.78, 5) is 17.7. The summed E-state index contributed by atoms with van der Waals surface area (Å²) < 4.78 is 31.1. The highest BCUT2D eigenvalue weighted by atomic mass is 19.1. The molecule has 0 radical (unpaired) electrons. The molecule has 0 saturated heterocycles. The molecule has 8 heteroatoms. The molecule has 3 aromatic carbocycles. The van der Waals surface area contributed by atoms with E-state index in [4.69, 9.17) is 14.0 Å². The number of benzene rings is 3. The molecule has 0 atom stereocenters. The van der Waals surface area contributed by atoms with E-state index < -0.39 is 0 Å². The standard InChI is InChI=1S/C25H18FN3O4/c1-31-21-12-7-15(13-22(21)32-2)23-27-24(33-28-23)20-14-29(17-10-8-16(26)9-11-17)25(30)19-6-4-3-5-18(19)20/h3-14H,1-2H3. The van der Waals surface area contributed by atoms with Crippen LogP contribution in [-0.2, 0) is 0 Å². The van der Waals surface area contributed by atoms with Crippen LogP contribution in [0.2, 0.25) is 0 Å². The van der Waals surface area contributed by atoms with E-state index in [0.29, 0.717) is 44.9 Å². The van der Waals surface area contributed by atoms with Crippen LogP contribution in [0.4, 0.5) is 4.39 Å². The monoisotopic (exact) mass is 443 g/mol. The van der Waals surface area contributed by atoms with Gasteiger partial charge in [-0.1, -0.05) is 23.4 Å². The van der Waals surface area contributed by atoms with Gasteiger partial charge in [-0.25, -0.2) is 4.39 Å². The second-order valence-corrected chi connectivity index (χ2v) is 7.23. The SMILES string of the molecule is COc1ccc(-c2noc(-c3cn(-c4ccc(F)cc4)c(=O)c4ccccc34)n2)cc1OC. The van der Waals surface area contributed by atoms with Crippen LogP contribution < -0.4 is 15.0 Å². The van der Waals surface area contributed by atoms with Crippen LogP contribution in [-0.4, -0.2) is 28.9 Å². The Balaban J connectivity index is 1.67. The van der Waals surface area contributed by atoms with Crippen molar-refractivity contribution in [1.82, 2.24) is 14.7 Å². The second kappa shape index (κ2) is 8.23. The molecule has 2 heterocycles. The zero-order valence-electron chi connectivity index (χ0n) is 17.8. The summed E-state index contributed by atoms with van der Waals surface area (Å²) in [6.45, 7) is 0. The van der Waals surface area contributed by atoms with Crippen molar-refractivity contribution < 1.29 is 18.4 Å². The lowest BCUT2D eigenvalue weighted by molar-refractivity contribution is 0.355. The van der Waals surface area contributed by atoms with Crippen LogP contribution in [0.15, 0.2) is 82.2 Å². The van der Waals surface area contributed by atoms with Gasteiger partial charge in [0.25, 0.3) is 11.4 Å². The number of methoxy groups -OCH3 is 2. The van der Waals surface area contributed by atoms with E-state index >= 15 is 0 Å². The first-order valence-electron chi connectivity index (χ1n) is 10.1. The molecule has 33 heavy (non-hydrogen) atoms. The molecular weight excluding hydrogens is 425 g/mol. The molecule has 164 valence electrons. The molecule has 2 aromatic heterocycles. The van der Waals surface area contributed by atoms with Crippen molar-refractivity contribution in [2.75, 3.05) is 14.2 Å². The minimum absolute atomic E-state index is 0.236. The molecule has 0 aliphatic heterocycles. The van der Waals surface area contributed by atoms with Crippen LogP contribution in [0.25, 0.3) is 39.3 Å². The fraction of sp³-hybridized carbons (Fsp3) is 0.0800. The molecule has 7 nitrogen and oxygen atoms in total. The lowest BCUT2D eigenvalue weighted by Crippen LogP contribution is -2.18. The van der Waals surface area contributed by atoms with Gasteiger partial charge in [-0.3, -0.25) is 9.36 Å². The first kappa shape index (κ1) is 20.4. The Labute approximate surface area is 187 Å². The molecule has 0 fully saturated rings. The number of halogens is 1. The number of rotatable bonds is 5. The van der Waals surface area contributed by atoms with Crippen molar-refractivity contribution in [2.24, 2.45) is 0 Å². The highest BCUT2D eigenvalue weighted by Gasteiger charge is 2.18. The van der Waals surface area contributed by atoms with Gasteiger partial charge in [0.2, 0.25) is 5.82 Å². The Hall–Kier alpha value is -4.46. The van der Waals surface area contributed by atoms with Crippen LogP contribution >= 0.6 is 0 Å². The normalized spacial score (nSPS) is 11.0. The van der Waals surface area contributed by atoms with Crippen LogP contribution in [0.1, 0.15) is 0 Å². The van der Waals surface area contributed by atoms with Crippen molar-refractivity contribution >= 4 is 10.8 Å². The van der Waals surface area contributed by atoms with Gasteiger partial charge in [-0.2, -0.15) is 4.98 Å². The van der Waals surface area contributed by atoms with Gasteiger partial charge >= 0.3 is 0 Å². The quantitative estimate of drug-likeness (QED) is 0.386. The van der Waals surface area contributed by atoms with Crippen LogP contribution in [0.5, 0.6) is 11.5 Å². The Morgan fingerprint density at radius 1 is 0.909 bits per heavy atom.